The van der Waals surface area contributed by atoms with Crippen molar-refractivity contribution in [2.24, 2.45) is 11.8 Å². The van der Waals surface area contributed by atoms with Crippen molar-refractivity contribution >= 4 is 27.8 Å². The van der Waals surface area contributed by atoms with E-state index in [2.05, 4.69) is 12.2 Å². The lowest BCUT2D eigenvalue weighted by molar-refractivity contribution is 0.0944. The van der Waals surface area contributed by atoms with Gasteiger partial charge in [0.1, 0.15) is 5.00 Å². The van der Waals surface area contributed by atoms with E-state index in [-0.39, 0.29) is 11.7 Å². The van der Waals surface area contributed by atoms with Gasteiger partial charge in [0.2, 0.25) is 0 Å². The van der Waals surface area contributed by atoms with Crippen LogP contribution < -0.4 is 15.8 Å². The minimum Gasteiger partial charge on any atom is -0.492 e. The maximum Gasteiger partial charge on any atom is 0.177 e. The van der Waals surface area contributed by atoms with E-state index in [1.807, 2.05) is 13.8 Å². The zero-order valence-corrected chi connectivity index (χ0v) is 12.1. The molecule has 1 fully saturated rings. The lowest BCUT2D eigenvalue weighted by Crippen LogP contribution is -2.07. The molecule has 1 aromatic heterocycles. The Hall–Kier alpha value is -1.23. The second-order valence-corrected chi connectivity index (χ2v) is 6.21. The molecule has 4 nitrogen and oxygen atoms in total. The molecule has 0 spiro atoms. The first-order valence-corrected chi connectivity index (χ1v) is 7.04. The van der Waals surface area contributed by atoms with E-state index in [1.165, 1.54) is 11.3 Å². The summed E-state index contributed by atoms with van der Waals surface area (Å²) >= 11 is 1.41. The third-order valence-corrected chi connectivity index (χ3v) is 4.41. The van der Waals surface area contributed by atoms with Gasteiger partial charge < -0.3 is 15.8 Å². The van der Waals surface area contributed by atoms with Crippen LogP contribution in [0.25, 0.3) is 0 Å². The van der Waals surface area contributed by atoms with E-state index in [9.17, 15) is 4.79 Å². The summed E-state index contributed by atoms with van der Waals surface area (Å²) in [5.41, 5.74) is 6.48. The molecule has 3 N–H and O–H groups in total. The normalized spacial score (nSPS) is 22.1. The number of nitrogens with two attached hydrogens (primary N) is 1. The molecule has 0 radical (unpaired) electrons. The molecule has 1 saturated carbocycles. The van der Waals surface area contributed by atoms with Crippen LogP contribution in [0.5, 0.6) is 5.75 Å². The number of nitrogen functional groups attached to an aromatic ring is 1. The van der Waals surface area contributed by atoms with E-state index in [0.29, 0.717) is 28.3 Å². The molecule has 100 valence electrons. The van der Waals surface area contributed by atoms with Gasteiger partial charge in [-0.05, 0) is 12.3 Å². The number of methoxy groups -OCH3 is 1. The minimum atomic E-state index is -0.0524. The maximum absolute atomic E-state index is 12.1. The maximum atomic E-state index is 12.1. The molecule has 1 aromatic rings. The zero-order chi connectivity index (χ0) is 13.4. The summed E-state index contributed by atoms with van der Waals surface area (Å²) in [6.07, 6.45) is 1.16. The van der Waals surface area contributed by atoms with Crippen LogP contribution in [0.4, 0.5) is 10.7 Å². The number of thiophene rings is 1. The van der Waals surface area contributed by atoms with Crippen LogP contribution in [0.3, 0.4) is 0 Å². The Bertz CT molecular complexity index is 468. The highest BCUT2D eigenvalue weighted by Crippen LogP contribution is 2.46. The molecular weight excluding hydrogens is 248 g/mol. The summed E-state index contributed by atoms with van der Waals surface area (Å²) in [4.78, 5) is 12.7. The second-order valence-electron chi connectivity index (χ2n) is 5.19. The fourth-order valence-corrected chi connectivity index (χ4v) is 3.10. The number of rotatable bonds is 5. The van der Waals surface area contributed by atoms with Crippen molar-refractivity contribution < 1.29 is 9.53 Å². The molecule has 0 bridgehead atoms. The molecule has 2 rings (SSSR count). The number of hydrogen-bond acceptors (Lipinski definition) is 5. The predicted molar refractivity (Wildman–Crippen MR) is 75.6 cm³/mol. The van der Waals surface area contributed by atoms with Crippen LogP contribution in [-0.4, -0.2) is 18.9 Å². The Morgan fingerprint density at radius 2 is 2.17 bits per heavy atom. The van der Waals surface area contributed by atoms with Crippen LogP contribution in [0.15, 0.2) is 0 Å². The first-order chi connectivity index (χ1) is 8.45. The highest BCUT2D eigenvalue weighted by Gasteiger charge is 2.34. The first-order valence-electron chi connectivity index (χ1n) is 6.22. The fourth-order valence-electron chi connectivity index (χ4n) is 1.86. The van der Waals surface area contributed by atoms with Crippen LogP contribution in [0, 0.1) is 11.8 Å². The molecule has 5 heteroatoms. The highest BCUT2D eigenvalue weighted by atomic mass is 32.1. The van der Waals surface area contributed by atoms with E-state index in [0.717, 1.165) is 11.4 Å². The van der Waals surface area contributed by atoms with Crippen molar-refractivity contribution in [3.8, 4) is 5.75 Å². The average Bonchev–Trinajstić information content (AvgIpc) is 2.90. The Morgan fingerprint density at radius 3 is 2.61 bits per heavy atom. The summed E-state index contributed by atoms with van der Waals surface area (Å²) in [7, 11) is 1.59. The summed E-state index contributed by atoms with van der Waals surface area (Å²) < 4.78 is 5.32. The zero-order valence-electron chi connectivity index (χ0n) is 11.2. The highest BCUT2D eigenvalue weighted by molar-refractivity contribution is 7.19. The van der Waals surface area contributed by atoms with Gasteiger partial charge in [0, 0.05) is 12.0 Å². The van der Waals surface area contributed by atoms with Crippen LogP contribution in [0.1, 0.15) is 36.9 Å². The van der Waals surface area contributed by atoms with E-state index in [4.69, 9.17) is 10.5 Å². The molecule has 0 aromatic carbocycles. The number of carbonyl (C=O) groups is 1. The smallest absolute Gasteiger partial charge is 0.177 e. The quantitative estimate of drug-likeness (QED) is 0.806. The van der Waals surface area contributed by atoms with Gasteiger partial charge in [-0.25, -0.2) is 0 Å². The summed E-state index contributed by atoms with van der Waals surface area (Å²) in [6, 6.07) is 0.485. The molecule has 0 amide bonds. The largest absolute Gasteiger partial charge is 0.492 e. The number of Topliss-reactive ketones (excluding diaryl/α,β-unsaturated/α-hetero) is 1. The van der Waals surface area contributed by atoms with Crippen molar-refractivity contribution in [3.63, 3.8) is 0 Å². The Balaban J connectivity index is 2.29. The van der Waals surface area contributed by atoms with Gasteiger partial charge in [-0.3, -0.25) is 4.79 Å². The van der Waals surface area contributed by atoms with Crippen molar-refractivity contribution in [1.29, 1.82) is 0 Å². The molecule has 0 aliphatic heterocycles. The van der Waals surface area contributed by atoms with E-state index in [1.54, 1.807) is 7.11 Å². The third kappa shape index (κ3) is 2.32. The van der Waals surface area contributed by atoms with Crippen molar-refractivity contribution in [3.05, 3.63) is 4.88 Å². The van der Waals surface area contributed by atoms with Crippen molar-refractivity contribution in [2.75, 3.05) is 18.2 Å². The van der Waals surface area contributed by atoms with E-state index < -0.39 is 0 Å². The number of nitrogens with one attached hydrogen (secondary N) is 1. The number of ketones is 1. The molecule has 18 heavy (non-hydrogen) atoms. The summed E-state index contributed by atoms with van der Waals surface area (Å²) in [5, 5.41) is 4.28. The number of hydrogen-bond donors (Lipinski definition) is 2. The molecule has 1 heterocycles. The molecule has 2 atom stereocenters. The van der Waals surface area contributed by atoms with Crippen LogP contribution in [0.2, 0.25) is 0 Å². The Labute approximate surface area is 112 Å². The molecule has 2 unspecified atom stereocenters. The number of carbonyl (C=O) groups excluding carboxylic acids is 1. The fraction of sp³-hybridized carbons (Fsp3) is 0.615. The number of anilines is 2. The lowest BCUT2D eigenvalue weighted by atomic mass is 10.1. The topological polar surface area (TPSA) is 64.3 Å². The van der Waals surface area contributed by atoms with Gasteiger partial charge >= 0.3 is 0 Å². The van der Waals surface area contributed by atoms with Gasteiger partial charge in [-0.15, -0.1) is 11.3 Å². The second kappa shape index (κ2) is 4.80. The summed E-state index contributed by atoms with van der Waals surface area (Å²) in [5.74, 6) is 1.32. The standard InChI is InChI=1S/C13H20N2O2S/c1-6(2)10(16)12-9(14)11(17-4)13(18-12)15-8-5-7(8)3/h6-8,15H,5,14H2,1-4H3. The van der Waals surface area contributed by atoms with Gasteiger partial charge in [0.05, 0.1) is 17.7 Å². The van der Waals surface area contributed by atoms with Gasteiger partial charge in [-0.2, -0.15) is 0 Å². The monoisotopic (exact) mass is 268 g/mol. The van der Waals surface area contributed by atoms with E-state index >= 15 is 0 Å². The third-order valence-electron chi connectivity index (χ3n) is 3.28. The number of ether oxygens (including phenoxy) is 1. The Kier molecular flexibility index (Phi) is 3.52. The average molecular weight is 268 g/mol. The minimum absolute atomic E-state index is 0.0524. The van der Waals surface area contributed by atoms with Crippen LogP contribution >= 0.6 is 11.3 Å². The first kappa shape index (κ1) is 13.2. The summed E-state index contributed by atoms with van der Waals surface area (Å²) in [6.45, 7) is 5.95. The van der Waals surface area contributed by atoms with Gasteiger partial charge in [0.15, 0.2) is 11.5 Å². The van der Waals surface area contributed by atoms with Crippen molar-refractivity contribution in [2.45, 2.75) is 33.2 Å². The predicted octanol–water partition coefficient (Wildman–Crippen LogP) is 3.00. The lowest BCUT2D eigenvalue weighted by Gasteiger charge is -2.05. The molecule has 1 aliphatic carbocycles. The molecular formula is C13H20N2O2S. The van der Waals surface area contributed by atoms with Crippen molar-refractivity contribution in [1.82, 2.24) is 0 Å². The van der Waals surface area contributed by atoms with Gasteiger partial charge in [-0.1, -0.05) is 20.8 Å². The Morgan fingerprint density at radius 1 is 1.56 bits per heavy atom. The SMILES string of the molecule is COc1c(NC2CC2C)sc(C(=O)C(C)C)c1N. The molecule has 1 aliphatic rings. The van der Waals surface area contributed by atoms with Gasteiger partial charge in [0.25, 0.3) is 0 Å². The van der Waals surface area contributed by atoms with Crippen LogP contribution in [-0.2, 0) is 0 Å². The molecule has 0 saturated heterocycles.